The molecule has 0 radical (unpaired) electrons. The number of carbonyl (C=O) groups excluding carboxylic acids is 2. The average molecular weight is 493 g/mol. The van der Waals surface area contributed by atoms with Crippen molar-refractivity contribution in [2.24, 2.45) is 0 Å². The molecule has 1 aliphatic heterocycles. The van der Waals surface area contributed by atoms with E-state index < -0.39 is 17.7 Å². The number of aliphatic hydroxyl groups excluding tert-OH is 1. The van der Waals surface area contributed by atoms with Crippen LogP contribution < -0.4 is 9.47 Å². The molecule has 1 fully saturated rings. The number of nitrogens with zero attached hydrogens (tertiary/aromatic N) is 2. The second kappa shape index (κ2) is 12.9. The molecular formula is C29H36N2O5. The Morgan fingerprint density at radius 3 is 2.19 bits per heavy atom. The van der Waals surface area contributed by atoms with Crippen LogP contribution in [0.15, 0.2) is 66.8 Å². The molecule has 1 saturated heterocycles. The quantitative estimate of drug-likeness (QED) is 0.187. The zero-order valence-electron chi connectivity index (χ0n) is 21.4. The van der Waals surface area contributed by atoms with E-state index in [1.807, 2.05) is 31.2 Å². The summed E-state index contributed by atoms with van der Waals surface area (Å²) in [5.41, 5.74) is 1.27. The number of carbonyl (C=O) groups is 2. The maximum atomic E-state index is 13.2. The Labute approximate surface area is 213 Å². The van der Waals surface area contributed by atoms with Gasteiger partial charge in [-0.25, -0.2) is 0 Å². The van der Waals surface area contributed by atoms with E-state index in [0.717, 1.165) is 30.8 Å². The zero-order valence-corrected chi connectivity index (χ0v) is 21.4. The molecule has 3 rings (SSSR count). The Morgan fingerprint density at radius 2 is 1.61 bits per heavy atom. The topological polar surface area (TPSA) is 79.3 Å². The van der Waals surface area contributed by atoms with Gasteiger partial charge >= 0.3 is 0 Å². The van der Waals surface area contributed by atoms with E-state index in [4.69, 9.17) is 9.47 Å². The number of Topliss-reactive ketones (excluding diaryl/α,β-unsaturated/α-hetero) is 1. The van der Waals surface area contributed by atoms with Crippen LogP contribution in [0.25, 0.3) is 5.76 Å². The number of rotatable bonds is 13. The molecule has 0 saturated carbocycles. The lowest BCUT2D eigenvalue weighted by atomic mass is 9.95. The number of aliphatic hydroxyl groups is 1. The van der Waals surface area contributed by atoms with Gasteiger partial charge in [-0.05, 0) is 61.5 Å². The minimum atomic E-state index is -0.697. The van der Waals surface area contributed by atoms with Crippen molar-refractivity contribution in [1.82, 2.24) is 9.80 Å². The highest BCUT2D eigenvalue weighted by Gasteiger charge is 2.46. The lowest BCUT2D eigenvalue weighted by molar-refractivity contribution is -0.140. The molecule has 2 aromatic carbocycles. The van der Waals surface area contributed by atoms with Gasteiger partial charge in [0.1, 0.15) is 23.9 Å². The Balaban J connectivity index is 2.01. The maximum absolute atomic E-state index is 13.2. The number of hydrogen-bond acceptors (Lipinski definition) is 6. The van der Waals surface area contributed by atoms with Crippen molar-refractivity contribution in [3.63, 3.8) is 0 Å². The highest BCUT2D eigenvalue weighted by Crippen LogP contribution is 2.40. The van der Waals surface area contributed by atoms with Crippen LogP contribution in [-0.2, 0) is 9.59 Å². The summed E-state index contributed by atoms with van der Waals surface area (Å²) in [5, 5.41) is 11.3. The summed E-state index contributed by atoms with van der Waals surface area (Å²) in [6, 6.07) is 13.5. The van der Waals surface area contributed by atoms with Crippen LogP contribution in [-0.4, -0.2) is 66.0 Å². The normalized spacial score (nSPS) is 17.0. The fourth-order valence-corrected chi connectivity index (χ4v) is 4.23. The van der Waals surface area contributed by atoms with Crippen molar-refractivity contribution in [3.05, 3.63) is 77.9 Å². The third-order valence-corrected chi connectivity index (χ3v) is 6.26. The first kappa shape index (κ1) is 27.0. The number of benzene rings is 2. The van der Waals surface area contributed by atoms with Gasteiger partial charge in [0.25, 0.3) is 11.7 Å². The molecule has 36 heavy (non-hydrogen) atoms. The van der Waals surface area contributed by atoms with E-state index in [1.54, 1.807) is 35.2 Å². The monoisotopic (exact) mass is 492 g/mol. The van der Waals surface area contributed by atoms with Crippen LogP contribution in [0.5, 0.6) is 11.5 Å². The summed E-state index contributed by atoms with van der Waals surface area (Å²) < 4.78 is 11.2. The average Bonchev–Trinajstić information content (AvgIpc) is 3.16. The van der Waals surface area contributed by atoms with E-state index in [9.17, 15) is 14.7 Å². The molecule has 2 aromatic rings. The lowest BCUT2D eigenvalue weighted by Gasteiger charge is -2.28. The fraction of sp³-hybridized carbons (Fsp3) is 0.379. The minimum absolute atomic E-state index is 0.0848. The highest BCUT2D eigenvalue weighted by molar-refractivity contribution is 6.46. The van der Waals surface area contributed by atoms with Gasteiger partial charge in [0.05, 0.1) is 18.2 Å². The Bertz CT molecular complexity index is 1070. The third kappa shape index (κ3) is 6.15. The predicted octanol–water partition coefficient (Wildman–Crippen LogP) is 4.80. The summed E-state index contributed by atoms with van der Waals surface area (Å²) in [6.07, 6.45) is 2.54. The minimum Gasteiger partial charge on any atom is -0.507 e. The van der Waals surface area contributed by atoms with E-state index in [2.05, 4.69) is 25.3 Å². The van der Waals surface area contributed by atoms with E-state index in [-0.39, 0.29) is 11.3 Å². The van der Waals surface area contributed by atoms with Crippen molar-refractivity contribution in [3.8, 4) is 11.5 Å². The van der Waals surface area contributed by atoms with Gasteiger partial charge in [0.15, 0.2) is 0 Å². The Kier molecular flexibility index (Phi) is 9.70. The second-order valence-corrected chi connectivity index (χ2v) is 8.56. The van der Waals surface area contributed by atoms with Crippen molar-refractivity contribution >= 4 is 17.4 Å². The summed E-state index contributed by atoms with van der Waals surface area (Å²) >= 11 is 0. The van der Waals surface area contributed by atoms with Crippen molar-refractivity contribution < 1.29 is 24.2 Å². The zero-order chi connectivity index (χ0) is 26.1. The molecule has 0 spiro atoms. The van der Waals surface area contributed by atoms with Gasteiger partial charge in [-0.15, -0.1) is 0 Å². The molecule has 7 nitrogen and oxygen atoms in total. The summed E-state index contributed by atoms with van der Waals surface area (Å²) in [5.74, 6) is -0.160. The van der Waals surface area contributed by atoms with Gasteiger partial charge < -0.3 is 24.4 Å². The van der Waals surface area contributed by atoms with Crippen LogP contribution in [0.3, 0.4) is 0 Å². The van der Waals surface area contributed by atoms with Crippen LogP contribution in [0, 0.1) is 0 Å². The van der Waals surface area contributed by atoms with Crippen molar-refractivity contribution in [1.29, 1.82) is 0 Å². The van der Waals surface area contributed by atoms with Gasteiger partial charge in [0, 0.05) is 18.7 Å². The molecule has 0 bridgehead atoms. The molecule has 1 aliphatic rings. The molecule has 1 heterocycles. The highest BCUT2D eigenvalue weighted by atomic mass is 16.5. The van der Waals surface area contributed by atoms with Gasteiger partial charge in [-0.2, -0.15) is 0 Å². The summed E-state index contributed by atoms with van der Waals surface area (Å²) in [4.78, 5) is 30.2. The third-order valence-electron chi connectivity index (χ3n) is 6.26. The standard InChI is InChI=1S/C29H36N2O5/c1-5-19-35-23-13-9-21(10-14-23)26-25(27(32)22-11-15-24(16-12-22)36-20-6-2)28(33)29(34)31(26)18-17-30(7-3)8-4/h6,9-16,26,32H,2,5,7-8,17-20H2,1,3-4H3/b27-25+/t26-/m1/s1. The van der Waals surface area contributed by atoms with Crippen LogP contribution in [0.1, 0.15) is 44.4 Å². The molecule has 1 atom stereocenters. The van der Waals surface area contributed by atoms with Crippen LogP contribution >= 0.6 is 0 Å². The number of ether oxygens (including phenoxy) is 2. The second-order valence-electron chi connectivity index (χ2n) is 8.56. The Hall–Kier alpha value is -3.58. The van der Waals surface area contributed by atoms with E-state index in [0.29, 0.717) is 37.6 Å². The first-order valence-electron chi connectivity index (χ1n) is 12.5. The van der Waals surface area contributed by atoms with Gasteiger partial charge in [-0.1, -0.05) is 45.6 Å². The number of amides is 1. The van der Waals surface area contributed by atoms with E-state index in [1.165, 1.54) is 0 Å². The van der Waals surface area contributed by atoms with Crippen LogP contribution in [0.2, 0.25) is 0 Å². The maximum Gasteiger partial charge on any atom is 0.295 e. The Morgan fingerprint density at radius 1 is 1.00 bits per heavy atom. The summed E-state index contributed by atoms with van der Waals surface area (Å²) in [6.45, 7) is 13.4. The summed E-state index contributed by atoms with van der Waals surface area (Å²) in [7, 11) is 0. The number of likely N-dealkylation sites (N-methyl/N-ethyl adjacent to an activating group) is 1. The smallest absolute Gasteiger partial charge is 0.295 e. The SMILES string of the molecule is C=CCOc1ccc(/C(O)=C2\C(=O)C(=O)N(CCN(CC)CC)[C@@H]2c2ccc(OCCC)cc2)cc1. The van der Waals surface area contributed by atoms with Gasteiger partial charge in [-0.3, -0.25) is 9.59 Å². The molecule has 7 heteroatoms. The van der Waals surface area contributed by atoms with Crippen LogP contribution in [0.4, 0.5) is 0 Å². The van der Waals surface area contributed by atoms with E-state index >= 15 is 0 Å². The lowest BCUT2D eigenvalue weighted by Crippen LogP contribution is -2.38. The van der Waals surface area contributed by atoms with Crippen molar-refractivity contribution in [2.45, 2.75) is 33.2 Å². The molecule has 1 amide bonds. The number of ketones is 1. The largest absolute Gasteiger partial charge is 0.507 e. The molecule has 1 N–H and O–H groups in total. The van der Waals surface area contributed by atoms with Crippen molar-refractivity contribution in [2.75, 3.05) is 39.4 Å². The number of hydrogen-bond donors (Lipinski definition) is 1. The molecule has 192 valence electrons. The molecular weight excluding hydrogens is 456 g/mol. The molecule has 0 aliphatic carbocycles. The first-order chi connectivity index (χ1) is 17.4. The fourth-order valence-electron chi connectivity index (χ4n) is 4.23. The first-order valence-corrected chi connectivity index (χ1v) is 12.5. The molecule has 0 aromatic heterocycles. The number of likely N-dealkylation sites (tertiary alicyclic amines) is 1. The van der Waals surface area contributed by atoms with Gasteiger partial charge in [0.2, 0.25) is 0 Å². The molecule has 0 unspecified atom stereocenters. The predicted molar refractivity (Wildman–Crippen MR) is 141 cm³/mol.